The Morgan fingerprint density at radius 1 is 1.03 bits per heavy atom. The minimum atomic E-state index is -1.04. The largest absolute Gasteiger partial charge is 0.493 e. The van der Waals surface area contributed by atoms with Crippen molar-refractivity contribution in [1.82, 2.24) is 9.80 Å². The van der Waals surface area contributed by atoms with Crippen LogP contribution in [0.25, 0.3) is 0 Å². The van der Waals surface area contributed by atoms with Gasteiger partial charge in [0.1, 0.15) is 17.8 Å². The molecule has 0 spiro atoms. The summed E-state index contributed by atoms with van der Waals surface area (Å²) in [4.78, 5) is 31.7. The van der Waals surface area contributed by atoms with E-state index in [-0.39, 0.29) is 36.2 Å². The van der Waals surface area contributed by atoms with Crippen molar-refractivity contribution in [2.75, 3.05) is 13.2 Å². The lowest BCUT2D eigenvalue weighted by molar-refractivity contribution is -0.164. The highest BCUT2D eigenvalue weighted by molar-refractivity contribution is 6.30. The molecule has 0 radical (unpaired) electrons. The first-order valence-electron chi connectivity index (χ1n) is 12.0. The van der Waals surface area contributed by atoms with Crippen LogP contribution in [-0.2, 0) is 16.1 Å². The zero-order valence-corrected chi connectivity index (χ0v) is 20.5. The average molecular weight is 487 g/mol. The predicted molar refractivity (Wildman–Crippen MR) is 134 cm³/mol. The van der Waals surface area contributed by atoms with Crippen molar-refractivity contribution in [3.8, 4) is 5.75 Å². The molecule has 0 aliphatic carbocycles. The number of carbonyl (C=O) groups is 2. The second-order valence-electron chi connectivity index (χ2n) is 10.0. The molecule has 35 heavy (non-hydrogen) atoms. The maximum Gasteiger partial charge on any atom is 0.249 e. The van der Waals surface area contributed by atoms with Crippen LogP contribution in [0.1, 0.15) is 41.1 Å². The molecule has 0 bridgehead atoms. The molecule has 0 N–H and O–H groups in total. The summed E-state index contributed by atoms with van der Waals surface area (Å²) in [5.41, 5.74) is 3.06. The number of halogens is 1. The molecule has 4 atom stereocenters. The van der Waals surface area contributed by atoms with Crippen LogP contribution in [0.5, 0.6) is 5.75 Å². The quantitative estimate of drug-likeness (QED) is 0.516. The summed E-state index contributed by atoms with van der Waals surface area (Å²) in [6, 6.07) is 23.5. The monoisotopic (exact) mass is 486 g/mol. The van der Waals surface area contributed by atoms with Crippen LogP contribution in [-0.4, -0.2) is 40.3 Å². The van der Waals surface area contributed by atoms with E-state index in [0.29, 0.717) is 18.2 Å². The van der Waals surface area contributed by atoms with E-state index in [4.69, 9.17) is 16.3 Å². The van der Waals surface area contributed by atoms with Crippen LogP contribution < -0.4 is 4.74 Å². The summed E-state index contributed by atoms with van der Waals surface area (Å²) in [6.45, 7) is 4.88. The third-order valence-electron chi connectivity index (χ3n) is 7.91. The van der Waals surface area contributed by atoms with E-state index in [1.807, 2.05) is 73.3 Å². The molecule has 2 amide bonds. The fourth-order valence-electron chi connectivity index (χ4n) is 6.41. The molecule has 2 saturated heterocycles. The number of fused-ring (bicyclic) bond motifs is 5. The average Bonchev–Trinajstić information content (AvgIpc) is 3.14. The van der Waals surface area contributed by atoms with Gasteiger partial charge in [0.2, 0.25) is 11.8 Å². The van der Waals surface area contributed by atoms with E-state index >= 15 is 0 Å². The number of ether oxygens (including phenoxy) is 1. The van der Waals surface area contributed by atoms with Crippen molar-refractivity contribution < 1.29 is 14.3 Å². The van der Waals surface area contributed by atoms with E-state index in [1.165, 1.54) is 0 Å². The third kappa shape index (κ3) is 3.36. The minimum absolute atomic E-state index is 0.0236. The lowest BCUT2D eigenvalue weighted by atomic mass is 9.73. The summed E-state index contributed by atoms with van der Waals surface area (Å²) in [5, 5.41) is 0.592. The number of amides is 2. The molecular weight excluding hydrogens is 460 g/mol. The van der Waals surface area contributed by atoms with Gasteiger partial charge >= 0.3 is 0 Å². The van der Waals surface area contributed by atoms with Gasteiger partial charge in [-0.25, -0.2) is 0 Å². The molecule has 3 aromatic carbocycles. The van der Waals surface area contributed by atoms with Gasteiger partial charge in [0, 0.05) is 29.0 Å². The van der Waals surface area contributed by atoms with E-state index in [2.05, 4.69) is 12.1 Å². The molecule has 3 aliphatic rings. The first-order valence-corrected chi connectivity index (χ1v) is 12.4. The topological polar surface area (TPSA) is 49.9 Å². The lowest BCUT2D eigenvalue weighted by Crippen LogP contribution is -2.65. The van der Waals surface area contributed by atoms with Crippen molar-refractivity contribution in [2.24, 2.45) is 5.92 Å². The molecule has 3 aromatic rings. The summed E-state index contributed by atoms with van der Waals surface area (Å²) in [5.74, 6) is 0.387. The number of carbonyl (C=O) groups excluding carboxylic acids is 2. The van der Waals surface area contributed by atoms with Crippen LogP contribution in [0, 0.1) is 12.8 Å². The van der Waals surface area contributed by atoms with Gasteiger partial charge in [-0.2, -0.15) is 0 Å². The predicted octanol–water partition coefficient (Wildman–Crippen LogP) is 5.13. The first-order chi connectivity index (χ1) is 16.9. The van der Waals surface area contributed by atoms with Crippen LogP contribution in [0.4, 0.5) is 0 Å². The highest BCUT2D eigenvalue weighted by atomic mass is 35.5. The van der Waals surface area contributed by atoms with Gasteiger partial charge < -0.3 is 14.5 Å². The first kappa shape index (κ1) is 22.2. The fourth-order valence-corrected chi connectivity index (χ4v) is 6.59. The number of hydrogen-bond donors (Lipinski definition) is 0. The second kappa shape index (κ2) is 8.13. The number of hydrogen-bond acceptors (Lipinski definition) is 3. The smallest absolute Gasteiger partial charge is 0.249 e. The molecule has 2 fully saturated rings. The Morgan fingerprint density at radius 2 is 1.77 bits per heavy atom. The van der Waals surface area contributed by atoms with Crippen molar-refractivity contribution in [2.45, 2.75) is 37.9 Å². The van der Waals surface area contributed by atoms with Crippen molar-refractivity contribution in [1.29, 1.82) is 0 Å². The maximum atomic E-state index is 14.3. The number of nitrogens with zero attached hydrogens (tertiary/aromatic N) is 2. The number of benzene rings is 3. The Kier molecular flexibility index (Phi) is 5.15. The molecular formula is C29H27ClN2O3. The Balaban J connectivity index is 1.48. The molecule has 6 heteroatoms. The standard InChI is InChI=1S/C29H27ClN2O3/c1-18-8-10-19(11-9-18)15-31-16-25(33)32-27-22-14-21(30)12-13-24(22)35-17-23(27)26(29(32,2)28(31)34)20-6-4-3-5-7-20/h3-14,23,26-27H,15-17H2,1-2H3/t23?,26?,27?,29-/m1/s1. The van der Waals surface area contributed by atoms with Crippen LogP contribution in [0.15, 0.2) is 72.8 Å². The number of aryl methyl sites for hydroxylation is 1. The highest BCUT2D eigenvalue weighted by Crippen LogP contribution is 2.60. The Morgan fingerprint density at radius 3 is 2.51 bits per heavy atom. The van der Waals surface area contributed by atoms with E-state index in [9.17, 15) is 9.59 Å². The maximum absolute atomic E-state index is 14.3. The normalized spacial score (nSPS) is 27.2. The van der Waals surface area contributed by atoms with Gasteiger partial charge in [0.05, 0.1) is 12.6 Å². The third-order valence-corrected chi connectivity index (χ3v) is 8.14. The summed E-state index contributed by atoms with van der Waals surface area (Å²) in [7, 11) is 0. The zero-order valence-electron chi connectivity index (χ0n) is 19.8. The van der Waals surface area contributed by atoms with Gasteiger partial charge in [-0.3, -0.25) is 9.59 Å². The lowest BCUT2D eigenvalue weighted by Gasteiger charge is -2.47. The van der Waals surface area contributed by atoms with Crippen LogP contribution in [0.2, 0.25) is 5.02 Å². The Hall–Kier alpha value is -3.31. The van der Waals surface area contributed by atoms with Gasteiger partial charge in [0.15, 0.2) is 0 Å². The molecule has 5 nitrogen and oxygen atoms in total. The minimum Gasteiger partial charge on any atom is -0.493 e. The van der Waals surface area contributed by atoms with Gasteiger partial charge in [-0.15, -0.1) is 0 Å². The Labute approximate surface area is 210 Å². The van der Waals surface area contributed by atoms with Crippen LogP contribution in [0.3, 0.4) is 0 Å². The number of piperazine rings is 1. The van der Waals surface area contributed by atoms with Crippen molar-refractivity contribution in [3.05, 3.63) is 100 Å². The summed E-state index contributed by atoms with van der Waals surface area (Å²) in [6.07, 6.45) is 0. The summed E-state index contributed by atoms with van der Waals surface area (Å²) < 4.78 is 6.18. The molecule has 0 aromatic heterocycles. The molecule has 178 valence electrons. The molecule has 3 aliphatic heterocycles. The second-order valence-corrected chi connectivity index (χ2v) is 10.5. The molecule has 0 saturated carbocycles. The molecule has 6 rings (SSSR count). The van der Waals surface area contributed by atoms with E-state index in [0.717, 1.165) is 28.0 Å². The van der Waals surface area contributed by atoms with Gasteiger partial charge in [-0.1, -0.05) is 71.8 Å². The molecule has 3 unspecified atom stereocenters. The fraction of sp³-hybridized carbons (Fsp3) is 0.310. The van der Waals surface area contributed by atoms with Crippen LogP contribution >= 0.6 is 11.6 Å². The van der Waals surface area contributed by atoms with Gasteiger partial charge in [0.25, 0.3) is 0 Å². The molecule has 3 heterocycles. The van der Waals surface area contributed by atoms with Crippen molar-refractivity contribution in [3.63, 3.8) is 0 Å². The van der Waals surface area contributed by atoms with Crippen molar-refractivity contribution >= 4 is 23.4 Å². The highest BCUT2D eigenvalue weighted by Gasteiger charge is 2.66. The summed E-state index contributed by atoms with van der Waals surface area (Å²) >= 11 is 6.39. The SMILES string of the molecule is Cc1ccc(CN2CC(=O)N3C4c5cc(Cl)ccc5OCC4C(c4ccccc4)[C@]3(C)C2=O)cc1. The number of rotatable bonds is 3. The van der Waals surface area contributed by atoms with Gasteiger partial charge in [-0.05, 0) is 43.2 Å². The van der Waals surface area contributed by atoms with E-state index < -0.39 is 5.54 Å². The van der Waals surface area contributed by atoms with E-state index in [1.54, 1.807) is 11.0 Å². The Bertz CT molecular complexity index is 1310. The zero-order chi connectivity index (χ0) is 24.3.